The van der Waals surface area contributed by atoms with Crippen molar-refractivity contribution in [3.8, 4) is 0 Å². The SMILES string of the molecule is OCCN(CCc1ccccn1)CC(F)(F)F. The molecule has 0 bridgehead atoms. The van der Waals surface area contributed by atoms with Crippen molar-refractivity contribution in [1.29, 1.82) is 0 Å². The molecule has 6 heteroatoms. The van der Waals surface area contributed by atoms with Gasteiger partial charge in [-0.1, -0.05) is 6.07 Å². The minimum absolute atomic E-state index is 0.0202. The monoisotopic (exact) mass is 248 g/mol. The van der Waals surface area contributed by atoms with E-state index in [0.29, 0.717) is 6.42 Å². The quantitative estimate of drug-likeness (QED) is 0.828. The smallest absolute Gasteiger partial charge is 0.395 e. The molecule has 0 radical (unpaired) electrons. The molecule has 1 N–H and O–H groups in total. The molecule has 0 aliphatic carbocycles. The molecule has 1 rings (SSSR count). The maximum Gasteiger partial charge on any atom is 0.401 e. The number of rotatable bonds is 6. The number of alkyl halides is 3. The summed E-state index contributed by atoms with van der Waals surface area (Å²) in [5.74, 6) is 0. The third-order valence-electron chi connectivity index (χ3n) is 2.23. The summed E-state index contributed by atoms with van der Waals surface area (Å²) in [6.45, 7) is -1.03. The third kappa shape index (κ3) is 6.23. The molecule has 0 saturated heterocycles. The molecule has 0 unspecified atom stereocenters. The lowest BCUT2D eigenvalue weighted by Gasteiger charge is -2.22. The van der Waals surface area contributed by atoms with Crippen molar-refractivity contribution in [2.45, 2.75) is 12.6 Å². The van der Waals surface area contributed by atoms with Gasteiger partial charge in [-0.25, -0.2) is 0 Å². The van der Waals surface area contributed by atoms with Crippen LogP contribution in [0.4, 0.5) is 13.2 Å². The van der Waals surface area contributed by atoms with Crippen LogP contribution in [0.2, 0.25) is 0 Å². The third-order valence-corrected chi connectivity index (χ3v) is 2.23. The highest BCUT2D eigenvalue weighted by Gasteiger charge is 2.30. The Morgan fingerprint density at radius 3 is 2.53 bits per heavy atom. The van der Waals surface area contributed by atoms with E-state index in [1.54, 1.807) is 24.4 Å². The number of aliphatic hydroxyl groups is 1. The lowest BCUT2D eigenvalue weighted by molar-refractivity contribution is -0.146. The second-order valence-corrected chi connectivity index (χ2v) is 3.69. The van der Waals surface area contributed by atoms with Gasteiger partial charge in [0, 0.05) is 31.4 Å². The molecule has 3 nitrogen and oxygen atoms in total. The molecule has 1 heterocycles. The number of halogens is 3. The van der Waals surface area contributed by atoms with E-state index in [9.17, 15) is 13.2 Å². The van der Waals surface area contributed by atoms with Gasteiger partial charge in [0.1, 0.15) is 0 Å². The lowest BCUT2D eigenvalue weighted by atomic mass is 10.2. The van der Waals surface area contributed by atoms with E-state index >= 15 is 0 Å². The first-order valence-electron chi connectivity index (χ1n) is 5.31. The van der Waals surface area contributed by atoms with Gasteiger partial charge < -0.3 is 5.11 Å². The van der Waals surface area contributed by atoms with Crippen LogP contribution in [0.15, 0.2) is 24.4 Å². The molecule has 0 aliphatic rings. The van der Waals surface area contributed by atoms with Gasteiger partial charge in [-0.05, 0) is 12.1 Å². The molecule has 0 spiro atoms. The summed E-state index contributed by atoms with van der Waals surface area (Å²) in [7, 11) is 0. The Kier molecular flexibility index (Phi) is 5.37. The van der Waals surface area contributed by atoms with Gasteiger partial charge in [-0.15, -0.1) is 0 Å². The highest BCUT2D eigenvalue weighted by Crippen LogP contribution is 2.16. The Morgan fingerprint density at radius 1 is 1.24 bits per heavy atom. The van der Waals surface area contributed by atoms with Crippen molar-refractivity contribution >= 4 is 0 Å². The van der Waals surface area contributed by atoms with Crippen molar-refractivity contribution in [3.63, 3.8) is 0 Å². The molecule has 1 aromatic heterocycles. The highest BCUT2D eigenvalue weighted by atomic mass is 19.4. The average Bonchev–Trinajstić information content (AvgIpc) is 2.26. The lowest BCUT2D eigenvalue weighted by Crippen LogP contribution is -2.37. The van der Waals surface area contributed by atoms with Gasteiger partial charge in [-0.2, -0.15) is 13.2 Å². The van der Waals surface area contributed by atoms with E-state index in [1.165, 1.54) is 4.90 Å². The minimum Gasteiger partial charge on any atom is -0.395 e. The number of nitrogens with zero attached hydrogens (tertiary/aromatic N) is 2. The van der Waals surface area contributed by atoms with E-state index in [2.05, 4.69) is 4.98 Å². The number of pyridine rings is 1. The zero-order valence-electron chi connectivity index (χ0n) is 9.32. The van der Waals surface area contributed by atoms with Crippen LogP contribution in [0.3, 0.4) is 0 Å². The van der Waals surface area contributed by atoms with Crippen molar-refractivity contribution in [2.24, 2.45) is 0 Å². The Morgan fingerprint density at radius 2 is 2.00 bits per heavy atom. The summed E-state index contributed by atoms with van der Waals surface area (Å²) >= 11 is 0. The predicted molar refractivity (Wildman–Crippen MR) is 57.5 cm³/mol. The Labute approximate surface area is 97.9 Å². The number of aromatic nitrogens is 1. The molecule has 0 saturated carbocycles. The Hall–Kier alpha value is -1.14. The standard InChI is InChI=1S/C11H15F3N2O/c12-11(13,14)9-16(7-8-17)6-4-10-3-1-2-5-15-10/h1-3,5,17H,4,6-9H2. The van der Waals surface area contributed by atoms with Crippen molar-refractivity contribution in [1.82, 2.24) is 9.88 Å². The first-order valence-corrected chi connectivity index (χ1v) is 5.31. The zero-order chi connectivity index (χ0) is 12.7. The number of hydrogen-bond acceptors (Lipinski definition) is 3. The zero-order valence-corrected chi connectivity index (χ0v) is 9.32. The normalized spacial score (nSPS) is 12.1. The van der Waals surface area contributed by atoms with E-state index < -0.39 is 12.7 Å². The summed E-state index contributed by atoms with van der Waals surface area (Å²) in [5, 5.41) is 8.71. The maximum absolute atomic E-state index is 12.2. The Bertz CT molecular complexity index is 316. The molecule has 0 aliphatic heterocycles. The molecule has 0 fully saturated rings. The second kappa shape index (κ2) is 6.56. The van der Waals surface area contributed by atoms with Crippen molar-refractivity contribution in [3.05, 3.63) is 30.1 Å². The summed E-state index contributed by atoms with van der Waals surface area (Å²) in [6, 6.07) is 5.32. The maximum atomic E-state index is 12.2. The fourth-order valence-corrected chi connectivity index (χ4v) is 1.48. The van der Waals surface area contributed by atoms with Gasteiger partial charge in [0.05, 0.1) is 13.2 Å². The molecular formula is C11H15F3N2O. The fraction of sp³-hybridized carbons (Fsp3) is 0.545. The molecule has 0 amide bonds. The molecule has 96 valence electrons. The second-order valence-electron chi connectivity index (χ2n) is 3.69. The highest BCUT2D eigenvalue weighted by molar-refractivity contribution is 5.03. The summed E-state index contributed by atoms with van der Waals surface area (Å²) < 4.78 is 36.6. The summed E-state index contributed by atoms with van der Waals surface area (Å²) in [6.07, 6.45) is -2.19. The van der Waals surface area contributed by atoms with Gasteiger partial charge in [-0.3, -0.25) is 9.88 Å². The van der Waals surface area contributed by atoms with E-state index in [1.807, 2.05) is 0 Å². The van der Waals surface area contributed by atoms with Crippen LogP contribution >= 0.6 is 0 Å². The van der Waals surface area contributed by atoms with Crippen LogP contribution < -0.4 is 0 Å². The van der Waals surface area contributed by atoms with Crippen LogP contribution in [0.1, 0.15) is 5.69 Å². The Balaban J connectivity index is 2.44. The van der Waals surface area contributed by atoms with Crippen LogP contribution in [0, 0.1) is 0 Å². The van der Waals surface area contributed by atoms with Gasteiger partial charge in [0.15, 0.2) is 0 Å². The first-order chi connectivity index (χ1) is 8.01. The number of aliphatic hydroxyl groups excluding tert-OH is 1. The van der Waals surface area contributed by atoms with E-state index in [0.717, 1.165) is 5.69 Å². The van der Waals surface area contributed by atoms with Gasteiger partial charge in [0.25, 0.3) is 0 Å². The fourth-order valence-electron chi connectivity index (χ4n) is 1.48. The topological polar surface area (TPSA) is 36.4 Å². The predicted octanol–water partition coefficient (Wildman–Crippen LogP) is 1.48. The van der Waals surface area contributed by atoms with Gasteiger partial charge in [0.2, 0.25) is 0 Å². The number of hydrogen-bond donors (Lipinski definition) is 1. The minimum atomic E-state index is -4.24. The largest absolute Gasteiger partial charge is 0.401 e. The van der Waals surface area contributed by atoms with Crippen LogP contribution in [0.5, 0.6) is 0 Å². The van der Waals surface area contributed by atoms with E-state index in [4.69, 9.17) is 5.11 Å². The molecule has 0 atom stereocenters. The molecular weight excluding hydrogens is 233 g/mol. The first kappa shape index (κ1) is 13.9. The summed E-state index contributed by atoms with van der Waals surface area (Å²) in [4.78, 5) is 5.21. The molecule has 0 aromatic carbocycles. The van der Waals surface area contributed by atoms with Crippen molar-refractivity contribution < 1.29 is 18.3 Å². The van der Waals surface area contributed by atoms with Crippen molar-refractivity contribution in [2.75, 3.05) is 26.2 Å². The average molecular weight is 248 g/mol. The van der Waals surface area contributed by atoms with Crippen LogP contribution in [-0.4, -0.2) is 47.4 Å². The van der Waals surface area contributed by atoms with Gasteiger partial charge >= 0.3 is 6.18 Å². The van der Waals surface area contributed by atoms with Crippen LogP contribution in [0.25, 0.3) is 0 Å². The van der Waals surface area contributed by atoms with Crippen LogP contribution in [-0.2, 0) is 6.42 Å². The van der Waals surface area contributed by atoms with E-state index in [-0.39, 0.29) is 19.7 Å². The summed E-state index contributed by atoms with van der Waals surface area (Å²) in [5.41, 5.74) is 0.748. The molecule has 1 aromatic rings. The molecule has 17 heavy (non-hydrogen) atoms.